The van der Waals surface area contributed by atoms with Crippen molar-refractivity contribution in [3.63, 3.8) is 0 Å². The standard InChI is InChI=1S/C13H13N3O3S/c14-9-3-1-2-4-11(9)16(6-5-12(17)18)13(19)10-7-20-8-15-10/h1-4,7-8H,5-6,14H2,(H,17,18). The molecule has 6 nitrogen and oxygen atoms in total. The molecule has 104 valence electrons. The number of amides is 1. The van der Waals surface area contributed by atoms with E-state index in [1.165, 1.54) is 16.2 Å². The van der Waals surface area contributed by atoms with Gasteiger partial charge in [-0.15, -0.1) is 11.3 Å². The summed E-state index contributed by atoms with van der Waals surface area (Å²) in [5.74, 6) is -1.33. The van der Waals surface area contributed by atoms with Crippen molar-refractivity contribution >= 4 is 34.6 Å². The Kier molecular flexibility index (Phi) is 4.31. The normalized spacial score (nSPS) is 10.2. The average molecular weight is 291 g/mol. The van der Waals surface area contributed by atoms with Crippen molar-refractivity contribution in [1.82, 2.24) is 4.98 Å². The summed E-state index contributed by atoms with van der Waals surface area (Å²) in [5, 5.41) is 10.4. The number of thiazole rings is 1. The molecule has 0 atom stereocenters. The van der Waals surface area contributed by atoms with Gasteiger partial charge in [0.2, 0.25) is 0 Å². The van der Waals surface area contributed by atoms with Crippen LogP contribution in [0.1, 0.15) is 16.9 Å². The van der Waals surface area contributed by atoms with Crippen LogP contribution >= 0.6 is 11.3 Å². The average Bonchev–Trinajstić information content (AvgIpc) is 2.94. The molecule has 2 rings (SSSR count). The monoisotopic (exact) mass is 291 g/mol. The first-order valence-electron chi connectivity index (χ1n) is 5.86. The molecular formula is C13H13N3O3S. The van der Waals surface area contributed by atoms with Crippen LogP contribution in [-0.4, -0.2) is 28.5 Å². The first-order chi connectivity index (χ1) is 9.59. The molecule has 0 bridgehead atoms. The maximum Gasteiger partial charge on any atom is 0.305 e. The molecule has 20 heavy (non-hydrogen) atoms. The predicted octanol–water partition coefficient (Wildman–Crippen LogP) is 1.85. The maximum atomic E-state index is 12.4. The molecule has 1 heterocycles. The van der Waals surface area contributed by atoms with E-state index in [4.69, 9.17) is 10.8 Å². The van der Waals surface area contributed by atoms with Crippen LogP contribution in [0.2, 0.25) is 0 Å². The van der Waals surface area contributed by atoms with Crippen molar-refractivity contribution < 1.29 is 14.7 Å². The summed E-state index contributed by atoms with van der Waals surface area (Å²) in [7, 11) is 0. The van der Waals surface area contributed by atoms with E-state index in [2.05, 4.69) is 4.98 Å². The Morgan fingerprint density at radius 2 is 2.10 bits per heavy atom. The highest BCUT2D eigenvalue weighted by molar-refractivity contribution is 7.07. The highest BCUT2D eigenvalue weighted by Gasteiger charge is 2.21. The minimum absolute atomic E-state index is 0.0416. The van der Waals surface area contributed by atoms with Gasteiger partial charge >= 0.3 is 5.97 Å². The molecule has 0 aliphatic heterocycles. The Balaban J connectivity index is 2.32. The second-order valence-corrected chi connectivity index (χ2v) is 4.75. The topological polar surface area (TPSA) is 96.5 Å². The fraction of sp³-hybridized carbons (Fsp3) is 0.154. The Hall–Kier alpha value is -2.41. The number of anilines is 2. The Bertz CT molecular complexity index is 613. The zero-order valence-corrected chi connectivity index (χ0v) is 11.3. The molecule has 0 radical (unpaired) electrons. The lowest BCUT2D eigenvalue weighted by Gasteiger charge is -2.22. The summed E-state index contributed by atoms with van der Waals surface area (Å²) in [4.78, 5) is 28.4. The number of nitrogens with zero attached hydrogens (tertiary/aromatic N) is 2. The number of nitrogens with two attached hydrogens (primary N) is 1. The molecule has 1 aromatic heterocycles. The number of hydrogen-bond donors (Lipinski definition) is 2. The van der Waals surface area contributed by atoms with Gasteiger partial charge in [0.1, 0.15) is 5.69 Å². The fourth-order valence-corrected chi connectivity index (χ4v) is 2.25. The van der Waals surface area contributed by atoms with Crippen LogP contribution in [-0.2, 0) is 4.79 Å². The van der Waals surface area contributed by atoms with Crippen molar-refractivity contribution in [2.45, 2.75) is 6.42 Å². The molecule has 2 aromatic rings. The Labute approximate surface area is 119 Å². The Morgan fingerprint density at radius 3 is 2.70 bits per heavy atom. The minimum Gasteiger partial charge on any atom is -0.481 e. The molecule has 1 aromatic carbocycles. The van der Waals surface area contributed by atoms with Gasteiger partial charge in [-0.25, -0.2) is 4.98 Å². The van der Waals surface area contributed by atoms with Gasteiger partial charge < -0.3 is 15.7 Å². The first kappa shape index (κ1) is 14.0. The number of carboxylic acid groups (broad SMARTS) is 1. The zero-order chi connectivity index (χ0) is 14.5. The molecule has 0 saturated carbocycles. The summed E-state index contributed by atoms with van der Waals surface area (Å²) in [6, 6.07) is 6.84. The molecular weight excluding hydrogens is 278 g/mol. The lowest BCUT2D eigenvalue weighted by molar-refractivity contribution is -0.136. The number of carbonyl (C=O) groups excluding carboxylic acids is 1. The van der Waals surface area contributed by atoms with Gasteiger partial charge in [-0.3, -0.25) is 9.59 Å². The lowest BCUT2D eigenvalue weighted by Crippen LogP contribution is -2.33. The van der Waals surface area contributed by atoms with Gasteiger partial charge in [-0.05, 0) is 12.1 Å². The second-order valence-electron chi connectivity index (χ2n) is 4.03. The summed E-state index contributed by atoms with van der Waals surface area (Å²) in [6.07, 6.45) is -0.162. The third kappa shape index (κ3) is 3.12. The number of para-hydroxylation sites is 2. The third-order valence-corrected chi connectivity index (χ3v) is 3.26. The highest BCUT2D eigenvalue weighted by Crippen LogP contribution is 2.24. The second kappa shape index (κ2) is 6.16. The van der Waals surface area contributed by atoms with Crippen LogP contribution in [0, 0.1) is 0 Å². The number of hydrogen-bond acceptors (Lipinski definition) is 5. The number of carboxylic acids is 1. The van der Waals surface area contributed by atoms with Crippen molar-refractivity contribution in [3.05, 3.63) is 40.8 Å². The van der Waals surface area contributed by atoms with Crippen molar-refractivity contribution in [2.75, 3.05) is 17.2 Å². The number of carbonyl (C=O) groups is 2. The number of rotatable bonds is 5. The third-order valence-electron chi connectivity index (χ3n) is 2.67. The molecule has 0 aliphatic carbocycles. The molecule has 0 aliphatic rings. The van der Waals surface area contributed by atoms with E-state index in [1.54, 1.807) is 35.2 Å². The van der Waals surface area contributed by atoms with Gasteiger partial charge in [-0.2, -0.15) is 0 Å². The summed E-state index contributed by atoms with van der Waals surface area (Å²) in [6.45, 7) is 0.0416. The van der Waals surface area contributed by atoms with Crippen LogP contribution in [0.25, 0.3) is 0 Å². The van der Waals surface area contributed by atoms with Crippen LogP contribution in [0.5, 0.6) is 0 Å². The summed E-state index contributed by atoms with van der Waals surface area (Å²) < 4.78 is 0. The smallest absolute Gasteiger partial charge is 0.305 e. The quantitative estimate of drug-likeness (QED) is 0.819. The minimum atomic E-state index is -0.976. The number of aliphatic carboxylic acids is 1. The maximum absolute atomic E-state index is 12.4. The zero-order valence-electron chi connectivity index (χ0n) is 10.5. The molecule has 0 unspecified atom stereocenters. The van der Waals surface area contributed by atoms with Crippen molar-refractivity contribution in [3.8, 4) is 0 Å². The van der Waals surface area contributed by atoms with Crippen LogP contribution in [0.15, 0.2) is 35.2 Å². The lowest BCUT2D eigenvalue weighted by atomic mass is 10.2. The number of nitrogen functional groups attached to an aromatic ring is 1. The molecule has 1 amide bonds. The van der Waals surface area contributed by atoms with Crippen LogP contribution in [0.4, 0.5) is 11.4 Å². The number of benzene rings is 1. The SMILES string of the molecule is Nc1ccccc1N(CCC(=O)O)C(=O)c1cscn1. The van der Waals surface area contributed by atoms with Crippen LogP contribution < -0.4 is 10.6 Å². The van der Waals surface area contributed by atoms with Gasteiger partial charge in [-0.1, -0.05) is 12.1 Å². The van der Waals surface area contributed by atoms with Gasteiger partial charge in [0.15, 0.2) is 0 Å². The highest BCUT2D eigenvalue weighted by atomic mass is 32.1. The van der Waals surface area contributed by atoms with Gasteiger partial charge in [0.25, 0.3) is 5.91 Å². The van der Waals surface area contributed by atoms with E-state index in [-0.39, 0.29) is 24.6 Å². The van der Waals surface area contributed by atoms with E-state index in [9.17, 15) is 9.59 Å². The van der Waals surface area contributed by atoms with Crippen molar-refractivity contribution in [1.29, 1.82) is 0 Å². The summed E-state index contributed by atoms with van der Waals surface area (Å²) in [5.41, 5.74) is 8.60. The van der Waals surface area contributed by atoms with Crippen molar-refractivity contribution in [2.24, 2.45) is 0 Å². The number of aromatic nitrogens is 1. The Morgan fingerprint density at radius 1 is 1.35 bits per heavy atom. The summed E-state index contributed by atoms with van der Waals surface area (Å²) >= 11 is 1.30. The molecule has 7 heteroatoms. The van der Waals surface area contributed by atoms with E-state index < -0.39 is 5.97 Å². The van der Waals surface area contributed by atoms with E-state index >= 15 is 0 Å². The molecule has 0 fully saturated rings. The largest absolute Gasteiger partial charge is 0.481 e. The molecule has 0 spiro atoms. The van der Waals surface area contributed by atoms with E-state index in [0.29, 0.717) is 11.4 Å². The van der Waals surface area contributed by atoms with Crippen LogP contribution in [0.3, 0.4) is 0 Å². The van der Waals surface area contributed by atoms with Gasteiger partial charge in [0, 0.05) is 11.9 Å². The fourth-order valence-electron chi connectivity index (χ4n) is 1.73. The first-order valence-corrected chi connectivity index (χ1v) is 6.80. The van der Waals surface area contributed by atoms with Gasteiger partial charge in [0.05, 0.1) is 23.3 Å². The predicted molar refractivity (Wildman–Crippen MR) is 76.9 cm³/mol. The van der Waals surface area contributed by atoms with E-state index in [1.807, 2.05) is 0 Å². The van der Waals surface area contributed by atoms with E-state index in [0.717, 1.165) is 0 Å². The molecule has 0 saturated heterocycles. The molecule has 3 N–H and O–H groups in total.